The van der Waals surface area contributed by atoms with Crippen molar-refractivity contribution in [3.8, 4) is 0 Å². The molecule has 1 aromatic rings. The minimum absolute atomic E-state index is 0. The second-order valence-electron chi connectivity index (χ2n) is 5.58. The van der Waals surface area contributed by atoms with Crippen LogP contribution in [-0.2, 0) is 13.6 Å². The fourth-order valence-electron chi connectivity index (χ4n) is 2.32. The maximum atomic E-state index is 10.4. The lowest BCUT2D eigenvalue weighted by Crippen LogP contribution is -2.40. The molecule has 8 heteroatoms. The summed E-state index contributed by atoms with van der Waals surface area (Å²) in [6.07, 6.45) is 4.69. The van der Waals surface area contributed by atoms with Gasteiger partial charge in [-0.1, -0.05) is 0 Å². The molecule has 0 spiro atoms. The smallest absolute Gasteiger partial charge is 0.194 e. The lowest BCUT2D eigenvalue weighted by Gasteiger charge is -2.24. The Kier molecular flexibility index (Phi) is 7.98. The molecule has 1 saturated heterocycles. The van der Waals surface area contributed by atoms with Crippen molar-refractivity contribution in [1.82, 2.24) is 20.0 Å². The monoisotopic (exact) mass is 439 g/mol. The molecule has 2 rings (SSSR count). The Morgan fingerprint density at radius 2 is 2.41 bits per heavy atom. The predicted molar refractivity (Wildman–Crippen MR) is 103 cm³/mol. The zero-order chi connectivity index (χ0) is 15.3. The van der Waals surface area contributed by atoms with E-state index in [1.54, 1.807) is 16.4 Å². The third kappa shape index (κ3) is 5.62. The van der Waals surface area contributed by atoms with Crippen molar-refractivity contribution >= 4 is 41.7 Å². The van der Waals surface area contributed by atoms with Crippen LogP contribution in [0.5, 0.6) is 0 Å². The van der Waals surface area contributed by atoms with Gasteiger partial charge in [-0.25, -0.2) is 0 Å². The first kappa shape index (κ1) is 19.6. The lowest BCUT2D eigenvalue weighted by molar-refractivity contribution is 0.0776. The van der Waals surface area contributed by atoms with E-state index in [1.807, 2.05) is 33.4 Å². The second-order valence-corrected chi connectivity index (χ2v) is 6.68. The van der Waals surface area contributed by atoms with Crippen LogP contribution < -0.4 is 5.32 Å². The first-order valence-corrected chi connectivity index (χ1v) is 8.45. The number of hydrogen-bond donors (Lipinski definition) is 2. The summed E-state index contributed by atoms with van der Waals surface area (Å²) < 4.78 is 1.80. The Bertz CT molecular complexity index is 487. The fraction of sp³-hybridized carbons (Fsp3) is 0.714. The largest absolute Gasteiger partial charge is 0.387 e. The minimum atomic E-state index is -0.638. The number of nitrogens with zero attached hydrogens (tertiary/aromatic N) is 4. The Labute approximate surface area is 153 Å². The van der Waals surface area contributed by atoms with Crippen LogP contribution in [0.15, 0.2) is 17.4 Å². The minimum Gasteiger partial charge on any atom is -0.387 e. The molecule has 0 aromatic carbocycles. The Morgan fingerprint density at radius 1 is 1.64 bits per heavy atom. The standard InChI is InChI=1S/C14H25N5OS.HI/c1-4-15-13(16-10-14(20)5-6-21-11-14)18(2)8-12-7-17-19(3)9-12;/h7,9,20H,4-6,8,10-11H2,1-3H3,(H,15,16);1H. The Balaban J connectivity index is 0.00000242. The third-order valence-electron chi connectivity index (χ3n) is 3.48. The van der Waals surface area contributed by atoms with Crippen molar-refractivity contribution in [3.05, 3.63) is 18.0 Å². The van der Waals surface area contributed by atoms with Gasteiger partial charge in [0.2, 0.25) is 0 Å². The molecule has 126 valence electrons. The van der Waals surface area contributed by atoms with E-state index in [0.717, 1.165) is 42.5 Å². The molecule has 22 heavy (non-hydrogen) atoms. The molecule has 1 fully saturated rings. The first-order valence-electron chi connectivity index (χ1n) is 7.29. The number of aliphatic imine (C=N–C) groups is 1. The van der Waals surface area contributed by atoms with Crippen LogP contribution in [-0.4, -0.2) is 63.0 Å². The summed E-state index contributed by atoms with van der Waals surface area (Å²) in [6.45, 7) is 4.06. The van der Waals surface area contributed by atoms with Crippen LogP contribution in [0.3, 0.4) is 0 Å². The number of thioether (sulfide) groups is 1. The van der Waals surface area contributed by atoms with Gasteiger partial charge in [0.1, 0.15) is 0 Å². The maximum absolute atomic E-state index is 10.4. The first-order chi connectivity index (χ1) is 10.0. The number of halogens is 1. The van der Waals surface area contributed by atoms with E-state index in [-0.39, 0.29) is 24.0 Å². The van der Waals surface area contributed by atoms with Gasteiger partial charge in [0.15, 0.2) is 5.96 Å². The number of nitrogens with one attached hydrogen (secondary N) is 1. The van der Waals surface area contributed by atoms with Crippen molar-refractivity contribution in [2.45, 2.75) is 25.5 Å². The predicted octanol–water partition coefficient (Wildman–Crippen LogP) is 1.30. The molecule has 6 nitrogen and oxygen atoms in total. The molecule has 1 aliphatic heterocycles. The highest BCUT2D eigenvalue weighted by atomic mass is 127. The SMILES string of the molecule is CCNC(=NCC1(O)CCSC1)N(C)Cc1cnn(C)c1.I. The maximum Gasteiger partial charge on any atom is 0.194 e. The number of hydrogen-bond acceptors (Lipinski definition) is 4. The molecule has 2 N–H and O–H groups in total. The summed E-state index contributed by atoms with van der Waals surface area (Å²) in [7, 11) is 3.91. The molecular weight excluding hydrogens is 413 g/mol. The van der Waals surface area contributed by atoms with E-state index < -0.39 is 5.60 Å². The van der Waals surface area contributed by atoms with E-state index >= 15 is 0 Å². The highest BCUT2D eigenvalue weighted by Gasteiger charge is 2.31. The molecule has 1 aromatic heterocycles. The summed E-state index contributed by atoms with van der Waals surface area (Å²) in [5, 5.41) is 17.9. The number of aliphatic hydroxyl groups is 1. The molecule has 1 unspecified atom stereocenters. The average Bonchev–Trinajstić information content (AvgIpc) is 3.04. The van der Waals surface area contributed by atoms with Gasteiger partial charge in [-0.2, -0.15) is 16.9 Å². The number of rotatable bonds is 5. The zero-order valence-electron chi connectivity index (χ0n) is 13.4. The molecule has 0 saturated carbocycles. The van der Waals surface area contributed by atoms with Gasteiger partial charge in [0.05, 0.1) is 18.3 Å². The lowest BCUT2D eigenvalue weighted by atomic mass is 10.1. The fourth-order valence-corrected chi connectivity index (χ4v) is 3.60. The molecule has 0 radical (unpaired) electrons. The highest BCUT2D eigenvalue weighted by molar-refractivity contribution is 14.0. The van der Waals surface area contributed by atoms with Crippen molar-refractivity contribution in [2.24, 2.45) is 12.0 Å². The average molecular weight is 439 g/mol. The number of aromatic nitrogens is 2. The molecule has 0 amide bonds. The molecular formula is C14H26IN5OS. The Morgan fingerprint density at radius 3 is 2.95 bits per heavy atom. The third-order valence-corrected chi connectivity index (χ3v) is 4.71. The second kappa shape index (κ2) is 8.97. The van der Waals surface area contributed by atoms with Gasteiger partial charge in [-0.15, -0.1) is 24.0 Å². The summed E-state index contributed by atoms with van der Waals surface area (Å²) in [5.74, 6) is 2.63. The summed E-state index contributed by atoms with van der Waals surface area (Å²) in [4.78, 5) is 6.67. The number of aryl methyl sites for hydroxylation is 1. The normalized spacial score (nSPS) is 21.5. The van der Waals surface area contributed by atoms with Crippen LogP contribution in [0, 0.1) is 0 Å². The molecule has 0 aliphatic carbocycles. The summed E-state index contributed by atoms with van der Waals surface area (Å²) >= 11 is 1.80. The van der Waals surface area contributed by atoms with E-state index in [2.05, 4.69) is 20.3 Å². The molecule has 2 heterocycles. The highest BCUT2D eigenvalue weighted by Crippen LogP contribution is 2.27. The van der Waals surface area contributed by atoms with Crippen LogP contribution in [0.2, 0.25) is 0 Å². The van der Waals surface area contributed by atoms with E-state index in [9.17, 15) is 5.11 Å². The van der Waals surface area contributed by atoms with Gasteiger partial charge in [-0.05, 0) is 19.1 Å². The van der Waals surface area contributed by atoms with Crippen LogP contribution in [0.25, 0.3) is 0 Å². The van der Waals surface area contributed by atoms with Gasteiger partial charge in [0.25, 0.3) is 0 Å². The van der Waals surface area contributed by atoms with Crippen LogP contribution in [0.1, 0.15) is 18.9 Å². The van der Waals surface area contributed by atoms with Gasteiger partial charge >= 0.3 is 0 Å². The summed E-state index contributed by atoms with van der Waals surface area (Å²) in [6, 6.07) is 0. The molecule has 0 bridgehead atoms. The van der Waals surface area contributed by atoms with Gasteiger partial charge in [-0.3, -0.25) is 9.67 Å². The van der Waals surface area contributed by atoms with Gasteiger partial charge in [0, 0.05) is 44.7 Å². The molecule has 1 atom stereocenters. The zero-order valence-corrected chi connectivity index (χ0v) is 16.6. The van der Waals surface area contributed by atoms with E-state index in [4.69, 9.17) is 0 Å². The molecule has 1 aliphatic rings. The van der Waals surface area contributed by atoms with Crippen molar-refractivity contribution in [3.63, 3.8) is 0 Å². The van der Waals surface area contributed by atoms with Crippen molar-refractivity contribution in [2.75, 3.05) is 31.6 Å². The summed E-state index contributed by atoms with van der Waals surface area (Å²) in [5.41, 5.74) is 0.501. The quantitative estimate of drug-likeness (QED) is 0.412. The Hall–Kier alpha value is -0.480. The number of guanidine groups is 1. The van der Waals surface area contributed by atoms with Crippen molar-refractivity contribution < 1.29 is 5.11 Å². The topological polar surface area (TPSA) is 65.7 Å². The van der Waals surface area contributed by atoms with Crippen LogP contribution >= 0.6 is 35.7 Å². The van der Waals surface area contributed by atoms with Crippen molar-refractivity contribution in [1.29, 1.82) is 0 Å². The van der Waals surface area contributed by atoms with E-state index in [1.165, 1.54) is 0 Å². The van der Waals surface area contributed by atoms with Gasteiger partial charge < -0.3 is 15.3 Å². The van der Waals surface area contributed by atoms with E-state index in [0.29, 0.717) is 6.54 Å². The van der Waals surface area contributed by atoms with Crippen LogP contribution in [0.4, 0.5) is 0 Å².